The monoisotopic (exact) mass is 249 g/mol. The molecule has 18 heavy (non-hydrogen) atoms. The van der Waals surface area contributed by atoms with Crippen LogP contribution in [0.1, 0.15) is 36.5 Å². The van der Waals surface area contributed by atoms with E-state index in [9.17, 15) is 4.79 Å². The third kappa shape index (κ3) is 4.49. The average Bonchev–Trinajstić information content (AvgIpc) is 2.33. The molecule has 1 unspecified atom stereocenters. The highest BCUT2D eigenvalue weighted by Gasteiger charge is 2.10. The summed E-state index contributed by atoms with van der Waals surface area (Å²) in [5.74, 6) is 0.0264. The van der Waals surface area contributed by atoms with Gasteiger partial charge in [-0.25, -0.2) is 0 Å². The lowest BCUT2D eigenvalue weighted by Crippen LogP contribution is -2.36. The van der Waals surface area contributed by atoms with Crippen LogP contribution < -0.4 is 5.32 Å². The summed E-state index contributed by atoms with van der Waals surface area (Å²) in [6.45, 7) is 6.24. The number of aryl methyl sites for hydroxylation is 2. The molecule has 0 fully saturated rings. The van der Waals surface area contributed by atoms with Gasteiger partial charge in [0.25, 0.3) is 0 Å². The van der Waals surface area contributed by atoms with E-state index in [1.807, 2.05) is 19.1 Å². The summed E-state index contributed by atoms with van der Waals surface area (Å²) in [4.78, 5) is 11.9. The van der Waals surface area contributed by atoms with Crippen LogP contribution in [0.5, 0.6) is 0 Å². The van der Waals surface area contributed by atoms with E-state index < -0.39 is 0 Å². The van der Waals surface area contributed by atoms with Crippen molar-refractivity contribution in [3.05, 3.63) is 34.9 Å². The fourth-order valence-electron chi connectivity index (χ4n) is 1.91. The molecule has 100 valence electrons. The van der Waals surface area contributed by atoms with E-state index in [4.69, 9.17) is 5.11 Å². The van der Waals surface area contributed by atoms with Crippen molar-refractivity contribution in [2.45, 2.75) is 46.1 Å². The van der Waals surface area contributed by atoms with Gasteiger partial charge in [0.1, 0.15) is 0 Å². The summed E-state index contributed by atoms with van der Waals surface area (Å²) in [5, 5.41) is 11.8. The summed E-state index contributed by atoms with van der Waals surface area (Å²) in [6, 6.07) is 6.17. The zero-order valence-corrected chi connectivity index (χ0v) is 11.5. The van der Waals surface area contributed by atoms with Crippen LogP contribution >= 0.6 is 0 Å². The number of rotatable bonds is 6. The first kappa shape index (κ1) is 14.7. The highest BCUT2D eigenvalue weighted by atomic mass is 16.3. The molecule has 1 atom stereocenters. The van der Waals surface area contributed by atoms with Gasteiger partial charge >= 0.3 is 0 Å². The van der Waals surface area contributed by atoms with Gasteiger partial charge in [-0.05, 0) is 43.4 Å². The van der Waals surface area contributed by atoms with Crippen LogP contribution in [-0.2, 0) is 11.2 Å². The van der Waals surface area contributed by atoms with E-state index in [2.05, 4.69) is 25.2 Å². The van der Waals surface area contributed by atoms with Crippen molar-refractivity contribution >= 4 is 5.91 Å². The minimum atomic E-state index is 0.0264. The molecular formula is C15H23NO2. The van der Waals surface area contributed by atoms with Gasteiger partial charge in [0.2, 0.25) is 5.91 Å². The van der Waals surface area contributed by atoms with Crippen LogP contribution in [0, 0.1) is 13.8 Å². The molecule has 0 bridgehead atoms. The van der Waals surface area contributed by atoms with Crippen LogP contribution in [0.4, 0.5) is 0 Å². The SMILES string of the molecule is CCC(CCO)NC(=O)Cc1ccc(C)c(C)c1. The molecule has 3 nitrogen and oxygen atoms in total. The van der Waals surface area contributed by atoms with Crippen molar-refractivity contribution in [1.29, 1.82) is 0 Å². The molecule has 0 heterocycles. The first-order valence-corrected chi connectivity index (χ1v) is 6.53. The first-order chi connectivity index (χ1) is 8.56. The number of hydrogen-bond acceptors (Lipinski definition) is 2. The Labute approximate surface area is 109 Å². The normalized spacial score (nSPS) is 12.2. The molecule has 3 heteroatoms. The fraction of sp³-hybridized carbons (Fsp3) is 0.533. The number of carbonyl (C=O) groups is 1. The highest BCUT2D eigenvalue weighted by Crippen LogP contribution is 2.10. The predicted octanol–water partition coefficient (Wildman–Crippen LogP) is 2.12. The van der Waals surface area contributed by atoms with Crippen LogP contribution in [0.25, 0.3) is 0 Å². The predicted molar refractivity (Wildman–Crippen MR) is 73.5 cm³/mol. The molecule has 0 aromatic heterocycles. The number of carbonyl (C=O) groups excluding carboxylic acids is 1. The van der Waals surface area contributed by atoms with E-state index in [0.29, 0.717) is 12.8 Å². The van der Waals surface area contributed by atoms with Crippen molar-refractivity contribution in [2.24, 2.45) is 0 Å². The van der Waals surface area contributed by atoms with Gasteiger partial charge in [-0.3, -0.25) is 4.79 Å². The van der Waals surface area contributed by atoms with Gasteiger partial charge in [0, 0.05) is 12.6 Å². The molecule has 0 spiro atoms. The second-order valence-corrected chi connectivity index (χ2v) is 4.78. The highest BCUT2D eigenvalue weighted by molar-refractivity contribution is 5.78. The smallest absolute Gasteiger partial charge is 0.224 e. The van der Waals surface area contributed by atoms with Crippen molar-refractivity contribution in [3.63, 3.8) is 0 Å². The lowest BCUT2D eigenvalue weighted by atomic mass is 10.0. The fourth-order valence-corrected chi connectivity index (χ4v) is 1.91. The van der Waals surface area contributed by atoms with Crippen molar-refractivity contribution < 1.29 is 9.90 Å². The maximum Gasteiger partial charge on any atom is 0.224 e. The van der Waals surface area contributed by atoms with E-state index in [-0.39, 0.29) is 18.6 Å². The van der Waals surface area contributed by atoms with Gasteiger partial charge in [-0.2, -0.15) is 0 Å². The van der Waals surface area contributed by atoms with Gasteiger partial charge in [-0.1, -0.05) is 25.1 Å². The standard InChI is InChI=1S/C15H23NO2/c1-4-14(7-8-17)16-15(18)10-13-6-5-11(2)12(3)9-13/h5-6,9,14,17H,4,7-8,10H2,1-3H3,(H,16,18). The second-order valence-electron chi connectivity index (χ2n) is 4.78. The average molecular weight is 249 g/mol. The van der Waals surface area contributed by atoms with E-state index >= 15 is 0 Å². The zero-order valence-electron chi connectivity index (χ0n) is 11.5. The summed E-state index contributed by atoms with van der Waals surface area (Å²) >= 11 is 0. The molecule has 1 aromatic rings. The Morgan fingerprint density at radius 2 is 2.06 bits per heavy atom. The minimum absolute atomic E-state index is 0.0264. The van der Waals surface area contributed by atoms with Gasteiger partial charge < -0.3 is 10.4 Å². The van der Waals surface area contributed by atoms with Crippen LogP contribution in [0.15, 0.2) is 18.2 Å². The quantitative estimate of drug-likeness (QED) is 0.811. The van der Waals surface area contributed by atoms with Gasteiger partial charge in [0.15, 0.2) is 0 Å². The summed E-state index contributed by atoms with van der Waals surface area (Å²) in [6.07, 6.45) is 1.87. The molecule has 1 amide bonds. The largest absolute Gasteiger partial charge is 0.396 e. The number of hydrogen-bond donors (Lipinski definition) is 2. The number of aliphatic hydroxyl groups excluding tert-OH is 1. The molecule has 0 aliphatic carbocycles. The summed E-state index contributed by atoms with van der Waals surface area (Å²) < 4.78 is 0. The topological polar surface area (TPSA) is 49.3 Å². The molecule has 0 radical (unpaired) electrons. The van der Waals surface area contributed by atoms with E-state index in [0.717, 1.165) is 12.0 Å². The third-order valence-electron chi connectivity index (χ3n) is 3.27. The van der Waals surface area contributed by atoms with Gasteiger partial charge in [-0.15, -0.1) is 0 Å². The molecule has 0 saturated heterocycles. The minimum Gasteiger partial charge on any atom is -0.396 e. The Hall–Kier alpha value is -1.35. The van der Waals surface area contributed by atoms with E-state index in [1.165, 1.54) is 11.1 Å². The van der Waals surface area contributed by atoms with Crippen molar-refractivity contribution in [3.8, 4) is 0 Å². The Balaban J connectivity index is 2.55. The molecule has 0 saturated carbocycles. The lowest BCUT2D eigenvalue weighted by molar-refractivity contribution is -0.121. The Morgan fingerprint density at radius 3 is 2.61 bits per heavy atom. The summed E-state index contributed by atoms with van der Waals surface area (Å²) in [7, 11) is 0. The number of aliphatic hydroxyl groups is 1. The van der Waals surface area contributed by atoms with E-state index in [1.54, 1.807) is 0 Å². The zero-order chi connectivity index (χ0) is 13.5. The second kappa shape index (κ2) is 7.17. The summed E-state index contributed by atoms with van der Waals surface area (Å²) in [5.41, 5.74) is 3.49. The number of nitrogens with one attached hydrogen (secondary N) is 1. The lowest BCUT2D eigenvalue weighted by Gasteiger charge is -2.15. The molecule has 1 aromatic carbocycles. The Kier molecular flexibility index (Phi) is 5.86. The Morgan fingerprint density at radius 1 is 1.33 bits per heavy atom. The van der Waals surface area contributed by atoms with Crippen molar-refractivity contribution in [1.82, 2.24) is 5.32 Å². The molecule has 0 aliphatic heterocycles. The molecular weight excluding hydrogens is 226 g/mol. The van der Waals surface area contributed by atoms with Crippen LogP contribution in [-0.4, -0.2) is 23.7 Å². The molecule has 2 N–H and O–H groups in total. The maximum atomic E-state index is 11.9. The Bertz CT molecular complexity index is 401. The van der Waals surface area contributed by atoms with Crippen LogP contribution in [0.3, 0.4) is 0 Å². The van der Waals surface area contributed by atoms with Crippen LogP contribution in [0.2, 0.25) is 0 Å². The van der Waals surface area contributed by atoms with Gasteiger partial charge in [0.05, 0.1) is 6.42 Å². The molecule has 0 aliphatic rings. The number of benzene rings is 1. The maximum absolute atomic E-state index is 11.9. The first-order valence-electron chi connectivity index (χ1n) is 6.53. The van der Waals surface area contributed by atoms with Crippen molar-refractivity contribution in [2.75, 3.05) is 6.61 Å². The third-order valence-corrected chi connectivity index (χ3v) is 3.27. The molecule has 1 rings (SSSR count). The number of amides is 1.